The van der Waals surface area contributed by atoms with Crippen molar-refractivity contribution in [1.29, 1.82) is 0 Å². The lowest BCUT2D eigenvalue weighted by Crippen LogP contribution is -2.04. The number of esters is 1. The van der Waals surface area contributed by atoms with Gasteiger partial charge in [0, 0.05) is 12.4 Å². The number of benzene rings is 1. The first-order chi connectivity index (χ1) is 10.8. The molecule has 0 spiro atoms. The standard InChI is InChI=1S/C17H16N2O3/c1-2-21-17(20)13-6-8-15(9-7-13)22-12-14-11-19-10-4-3-5-16(19)18-14/h3-11H,2,12H2,1H3. The van der Waals surface area contributed by atoms with Crippen LogP contribution in [0.5, 0.6) is 5.75 Å². The molecule has 5 heteroatoms. The molecule has 0 radical (unpaired) electrons. The van der Waals surface area contributed by atoms with Crippen LogP contribution in [0.15, 0.2) is 54.9 Å². The zero-order chi connectivity index (χ0) is 15.4. The fraction of sp³-hybridized carbons (Fsp3) is 0.176. The maximum atomic E-state index is 11.6. The van der Waals surface area contributed by atoms with E-state index in [9.17, 15) is 4.79 Å². The molecule has 0 N–H and O–H groups in total. The van der Waals surface area contributed by atoms with E-state index < -0.39 is 0 Å². The van der Waals surface area contributed by atoms with E-state index in [0.29, 0.717) is 24.5 Å². The number of ether oxygens (including phenoxy) is 2. The number of aromatic nitrogens is 2. The van der Waals surface area contributed by atoms with Crippen molar-refractivity contribution in [1.82, 2.24) is 9.38 Å². The van der Waals surface area contributed by atoms with E-state index in [2.05, 4.69) is 4.98 Å². The molecule has 112 valence electrons. The van der Waals surface area contributed by atoms with Gasteiger partial charge in [0.2, 0.25) is 0 Å². The van der Waals surface area contributed by atoms with E-state index in [-0.39, 0.29) is 5.97 Å². The van der Waals surface area contributed by atoms with Crippen LogP contribution < -0.4 is 4.74 Å². The Bertz CT molecular complexity index is 745. The Labute approximate surface area is 128 Å². The summed E-state index contributed by atoms with van der Waals surface area (Å²) < 4.78 is 12.6. The number of pyridine rings is 1. The van der Waals surface area contributed by atoms with Crippen molar-refractivity contribution in [2.75, 3.05) is 6.61 Å². The number of hydrogen-bond acceptors (Lipinski definition) is 4. The van der Waals surface area contributed by atoms with Gasteiger partial charge in [-0.15, -0.1) is 0 Å². The summed E-state index contributed by atoms with van der Waals surface area (Å²) in [4.78, 5) is 16.0. The molecule has 0 aliphatic heterocycles. The van der Waals surface area contributed by atoms with Crippen molar-refractivity contribution in [3.8, 4) is 5.75 Å². The Hall–Kier alpha value is -2.82. The van der Waals surface area contributed by atoms with Crippen LogP contribution in [0.25, 0.3) is 5.65 Å². The topological polar surface area (TPSA) is 52.8 Å². The first kappa shape index (κ1) is 14.1. The molecule has 22 heavy (non-hydrogen) atoms. The zero-order valence-corrected chi connectivity index (χ0v) is 12.2. The third-order valence-corrected chi connectivity index (χ3v) is 3.17. The lowest BCUT2D eigenvalue weighted by atomic mass is 10.2. The first-order valence-electron chi connectivity index (χ1n) is 7.09. The molecule has 0 aliphatic carbocycles. The number of fused-ring (bicyclic) bond motifs is 1. The monoisotopic (exact) mass is 296 g/mol. The minimum atomic E-state index is -0.325. The molecule has 2 aromatic heterocycles. The lowest BCUT2D eigenvalue weighted by molar-refractivity contribution is 0.0526. The molecule has 3 aromatic rings. The van der Waals surface area contributed by atoms with E-state index in [1.54, 1.807) is 31.2 Å². The Kier molecular flexibility index (Phi) is 4.05. The summed E-state index contributed by atoms with van der Waals surface area (Å²) in [6, 6.07) is 12.7. The molecule has 5 nitrogen and oxygen atoms in total. The molecule has 0 aliphatic rings. The van der Waals surface area contributed by atoms with Gasteiger partial charge in [-0.25, -0.2) is 9.78 Å². The zero-order valence-electron chi connectivity index (χ0n) is 12.2. The predicted octanol–water partition coefficient (Wildman–Crippen LogP) is 3.09. The highest BCUT2D eigenvalue weighted by atomic mass is 16.5. The predicted molar refractivity (Wildman–Crippen MR) is 81.9 cm³/mol. The van der Waals surface area contributed by atoms with Crippen LogP contribution in [-0.2, 0) is 11.3 Å². The molecule has 0 saturated heterocycles. The van der Waals surface area contributed by atoms with Crippen LogP contribution in [0.1, 0.15) is 23.0 Å². The number of carbonyl (C=O) groups excluding carboxylic acids is 1. The number of carbonyl (C=O) groups is 1. The molecule has 1 aromatic carbocycles. The van der Waals surface area contributed by atoms with Gasteiger partial charge in [-0.1, -0.05) is 6.07 Å². The van der Waals surface area contributed by atoms with Crippen molar-refractivity contribution >= 4 is 11.6 Å². The molecular weight excluding hydrogens is 280 g/mol. The maximum Gasteiger partial charge on any atom is 0.338 e. The third kappa shape index (κ3) is 3.09. The van der Waals surface area contributed by atoms with Crippen molar-refractivity contribution in [2.24, 2.45) is 0 Å². The number of imidazole rings is 1. The Balaban J connectivity index is 1.64. The van der Waals surface area contributed by atoms with E-state index in [4.69, 9.17) is 9.47 Å². The minimum absolute atomic E-state index is 0.325. The molecule has 0 bridgehead atoms. The number of hydrogen-bond donors (Lipinski definition) is 0. The SMILES string of the molecule is CCOC(=O)c1ccc(OCc2cn3ccccc3n2)cc1. The second-order valence-corrected chi connectivity index (χ2v) is 4.73. The van der Waals surface area contributed by atoms with Crippen LogP contribution in [0, 0.1) is 0 Å². The molecule has 0 amide bonds. The molecule has 0 unspecified atom stereocenters. The second kappa shape index (κ2) is 6.30. The molecule has 2 heterocycles. The maximum absolute atomic E-state index is 11.6. The van der Waals surface area contributed by atoms with Gasteiger partial charge in [0.05, 0.1) is 17.9 Å². The van der Waals surface area contributed by atoms with Gasteiger partial charge in [-0.3, -0.25) is 0 Å². The van der Waals surface area contributed by atoms with Crippen LogP contribution in [0.2, 0.25) is 0 Å². The van der Waals surface area contributed by atoms with E-state index >= 15 is 0 Å². The van der Waals surface area contributed by atoms with Crippen molar-refractivity contribution in [2.45, 2.75) is 13.5 Å². The fourth-order valence-corrected chi connectivity index (χ4v) is 2.12. The number of nitrogens with zero attached hydrogens (tertiary/aromatic N) is 2. The summed E-state index contributed by atoms with van der Waals surface area (Å²) in [5.74, 6) is 0.361. The van der Waals surface area contributed by atoms with Gasteiger partial charge in [-0.05, 0) is 43.3 Å². The molecule has 0 saturated carbocycles. The van der Waals surface area contributed by atoms with Crippen LogP contribution in [0.3, 0.4) is 0 Å². The first-order valence-corrected chi connectivity index (χ1v) is 7.09. The highest BCUT2D eigenvalue weighted by Crippen LogP contribution is 2.15. The van der Waals surface area contributed by atoms with E-state index in [1.165, 1.54) is 0 Å². The van der Waals surface area contributed by atoms with Gasteiger partial charge in [0.25, 0.3) is 0 Å². The van der Waals surface area contributed by atoms with Crippen molar-refractivity contribution in [3.63, 3.8) is 0 Å². The highest BCUT2D eigenvalue weighted by Gasteiger charge is 2.06. The lowest BCUT2D eigenvalue weighted by Gasteiger charge is -2.05. The second-order valence-electron chi connectivity index (χ2n) is 4.73. The van der Waals surface area contributed by atoms with Gasteiger partial charge in [0.1, 0.15) is 18.0 Å². The summed E-state index contributed by atoms with van der Waals surface area (Å²) in [6.07, 6.45) is 3.88. The van der Waals surface area contributed by atoms with E-state index in [0.717, 1.165) is 11.3 Å². The molecule has 0 atom stereocenters. The van der Waals surface area contributed by atoms with E-state index in [1.807, 2.05) is 35.0 Å². The van der Waals surface area contributed by atoms with Gasteiger partial charge < -0.3 is 13.9 Å². The molecular formula is C17H16N2O3. The van der Waals surface area contributed by atoms with Crippen LogP contribution in [-0.4, -0.2) is 22.0 Å². The van der Waals surface area contributed by atoms with Gasteiger partial charge >= 0.3 is 5.97 Å². The quantitative estimate of drug-likeness (QED) is 0.679. The number of rotatable bonds is 5. The van der Waals surface area contributed by atoms with Crippen LogP contribution >= 0.6 is 0 Å². The van der Waals surface area contributed by atoms with Crippen LogP contribution in [0.4, 0.5) is 0 Å². The molecule has 0 fully saturated rings. The highest BCUT2D eigenvalue weighted by molar-refractivity contribution is 5.89. The Morgan fingerprint density at radius 2 is 2.00 bits per heavy atom. The largest absolute Gasteiger partial charge is 0.487 e. The Morgan fingerprint density at radius 1 is 1.18 bits per heavy atom. The fourth-order valence-electron chi connectivity index (χ4n) is 2.12. The summed E-state index contributed by atoms with van der Waals surface area (Å²) >= 11 is 0. The van der Waals surface area contributed by atoms with Gasteiger partial charge in [0.15, 0.2) is 0 Å². The van der Waals surface area contributed by atoms with Gasteiger partial charge in [-0.2, -0.15) is 0 Å². The normalized spacial score (nSPS) is 10.6. The minimum Gasteiger partial charge on any atom is -0.487 e. The Morgan fingerprint density at radius 3 is 2.73 bits per heavy atom. The van der Waals surface area contributed by atoms with Crippen molar-refractivity contribution < 1.29 is 14.3 Å². The summed E-state index contributed by atoms with van der Waals surface area (Å²) in [5, 5.41) is 0. The molecule has 3 rings (SSSR count). The summed E-state index contributed by atoms with van der Waals surface area (Å²) in [7, 11) is 0. The average molecular weight is 296 g/mol. The third-order valence-electron chi connectivity index (χ3n) is 3.17. The van der Waals surface area contributed by atoms with Crippen molar-refractivity contribution in [3.05, 3.63) is 66.1 Å². The smallest absolute Gasteiger partial charge is 0.338 e. The average Bonchev–Trinajstić information content (AvgIpc) is 2.96. The summed E-state index contributed by atoms with van der Waals surface area (Å²) in [6.45, 7) is 2.52. The summed E-state index contributed by atoms with van der Waals surface area (Å²) in [5.41, 5.74) is 2.25.